The van der Waals surface area contributed by atoms with Crippen LogP contribution in [0.25, 0.3) is 0 Å². The Hall–Kier alpha value is -1.07. The highest BCUT2D eigenvalue weighted by molar-refractivity contribution is 5.28. The minimum atomic E-state index is -4.30. The summed E-state index contributed by atoms with van der Waals surface area (Å²) in [6.45, 7) is 3.32. The maximum absolute atomic E-state index is 12.7. The molecule has 1 aromatic carbocycles. The van der Waals surface area contributed by atoms with Gasteiger partial charge in [0.25, 0.3) is 0 Å². The highest BCUT2D eigenvalue weighted by Gasteiger charge is 2.32. The van der Waals surface area contributed by atoms with E-state index in [2.05, 4.69) is 5.32 Å². The van der Waals surface area contributed by atoms with Crippen molar-refractivity contribution in [1.82, 2.24) is 5.32 Å². The van der Waals surface area contributed by atoms with Crippen LogP contribution in [0.2, 0.25) is 0 Å². The van der Waals surface area contributed by atoms with Gasteiger partial charge in [0.1, 0.15) is 0 Å². The van der Waals surface area contributed by atoms with E-state index in [1.807, 2.05) is 6.92 Å². The summed E-state index contributed by atoms with van der Waals surface area (Å²) in [6.07, 6.45) is -2.49. The summed E-state index contributed by atoms with van der Waals surface area (Å²) in [5.41, 5.74) is 0.0366. The molecule has 0 saturated carbocycles. The van der Waals surface area contributed by atoms with Gasteiger partial charge < -0.3 is 10.1 Å². The number of alkyl halides is 3. The van der Waals surface area contributed by atoms with Crippen LogP contribution < -0.4 is 5.32 Å². The molecule has 0 radical (unpaired) electrons. The van der Waals surface area contributed by atoms with Crippen molar-refractivity contribution >= 4 is 0 Å². The molecule has 106 valence electrons. The van der Waals surface area contributed by atoms with Crippen LogP contribution in [-0.2, 0) is 10.9 Å². The summed E-state index contributed by atoms with van der Waals surface area (Å²) >= 11 is 0. The van der Waals surface area contributed by atoms with Gasteiger partial charge in [-0.3, -0.25) is 0 Å². The van der Waals surface area contributed by atoms with Crippen LogP contribution in [0, 0.1) is 0 Å². The van der Waals surface area contributed by atoms with Crippen molar-refractivity contribution in [1.29, 1.82) is 0 Å². The van der Waals surface area contributed by atoms with E-state index in [1.165, 1.54) is 12.1 Å². The molecule has 1 fully saturated rings. The lowest BCUT2D eigenvalue weighted by Gasteiger charge is -2.25. The van der Waals surface area contributed by atoms with Crippen molar-refractivity contribution in [2.24, 2.45) is 0 Å². The SMILES string of the molecule is CCNC(c1cccc(C(F)(F)F)c1)C1CCCO1. The van der Waals surface area contributed by atoms with Crippen molar-refractivity contribution in [3.63, 3.8) is 0 Å². The molecule has 1 saturated heterocycles. The molecule has 0 amide bonds. The van der Waals surface area contributed by atoms with E-state index in [4.69, 9.17) is 4.74 Å². The van der Waals surface area contributed by atoms with E-state index in [0.29, 0.717) is 18.7 Å². The first-order valence-electron chi connectivity index (χ1n) is 6.54. The third kappa shape index (κ3) is 3.48. The molecule has 2 atom stereocenters. The van der Waals surface area contributed by atoms with Crippen LogP contribution in [0.4, 0.5) is 13.2 Å². The third-order valence-corrected chi connectivity index (χ3v) is 3.33. The molecule has 1 aliphatic heterocycles. The van der Waals surface area contributed by atoms with Gasteiger partial charge in [-0.05, 0) is 37.1 Å². The quantitative estimate of drug-likeness (QED) is 0.906. The minimum Gasteiger partial charge on any atom is -0.376 e. The summed E-state index contributed by atoms with van der Waals surface area (Å²) < 4.78 is 43.8. The molecule has 2 rings (SSSR count). The second-order valence-electron chi connectivity index (χ2n) is 4.71. The Labute approximate surface area is 111 Å². The molecule has 1 aromatic rings. The van der Waals surface area contributed by atoms with Crippen LogP contribution in [0.1, 0.15) is 36.9 Å². The summed E-state index contributed by atoms with van der Waals surface area (Å²) in [5, 5.41) is 3.23. The zero-order valence-electron chi connectivity index (χ0n) is 10.8. The number of hydrogen-bond donors (Lipinski definition) is 1. The highest BCUT2D eigenvalue weighted by Crippen LogP contribution is 2.33. The first-order valence-corrected chi connectivity index (χ1v) is 6.54. The summed E-state index contributed by atoms with van der Waals surface area (Å²) in [7, 11) is 0. The Balaban J connectivity index is 2.25. The number of ether oxygens (including phenoxy) is 1. The van der Waals surface area contributed by atoms with Crippen LogP contribution in [-0.4, -0.2) is 19.3 Å². The Morgan fingerprint density at radius 3 is 2.79 bits per heavy atom. The number of halogens is 3. The van der Waals surface area contributed by atoms with Gasteiger partial charge in [-0.25, -0.2) is 0 Å². The molecule has 1 N–H and O–H groups in total. The van der Waals surface area contributed by atoms with E-state index in [9.17, 15) is 13.2 Å². The molecular weight excluding hydrogens is 255 g/mol. The normalized spacial score (nSPS) is 21.6. The van der Waals surface area contributed by atoms with Crippen LogP contribution in [0.5, 0.6) is 0 Å². The highest BCUT2D eigenvalue weighted by atomic mass is 19.4. The van der Waals surface area contributed by atoms with Gasteiger partial charge in [0.05, 0.1) is 17.7 Å². The monoisotopic (exact) mass is 273 g/mol. The number of rotatable bonds is 4. The maximum Gasteiger partial charge on any atom is 0.416 e. The molecule has 19 heavy (non-hydrogen) atoms. The Bertz CT molecular complexity index is 413. The first kappa shape index (κ1) is 14.3. The molecule has 2 unspecified atom stereocenters. The van der Waals surface area contributed by atoms with Gasteiger partial charge in [-0.1, -0.05) is 19.1 Å². The van der Waals surface area contributed by atoms with Crippen LogP contribution in [0.15, 0.2) is 24.3 Å². The number of benzene rings is 1. The fourth-order valence-electron chi connectivity index (χ4n) is 2.46. The Morgan fingerprint density at radius 1 is 1.42 bits per heavy atom. The lowest BCUT2D eigenvalue weighted by molar-refractivity contribution is -0.137. The van der Waals surface area contributed by atoms with Gasteiger partial charge >= 0.3 is 6.18 Å². The fourth-order valence-corrected chi connectivity index (χ4v) is 2.46. The molecule has 5 heteroatoms. The topological polar surface area (TPSA) is 21.3 Å². The largest absolute Gasteiger partial charge is 0.416 e. The summed E-state index contributed by atoms with van der Waals surface area (Å²) in [6, 6.07) is 5.33. The van der Waals surface area contributed by atoms with Gasteiger partial charge in [-0.15, -0.1) is 0 Å². The molecule has 0 aromatic heterocycles. The minimum absolute atomic E-state index is 0.0385. The lowest BCUT2D eigenvalue weighted by atomic mass is 9.97. The van der Waals surface area contributed by atoms with Gasteiger partial charge in [0.15, 0.2) is 0 Å². The molecule has 0 spiro atoms. The average molecular weight is 273 g/mol. The fraction of sp³-hybridized carbons (Fsp3) is 0.571. The van der Waals surface area contributed by atoms with Crippen molar-refractivity contribution in [2.45, 2.75) is 38.1 Å². The molecule has 0 aliphatic carbocycles. The van der Waals surface area contributed by atoms with E-state index in [0.717, 1.165) is 18.9 Å². The zero-order chi connectivity index (χ0) is 13.9. The van der Waals surface area contributed by atoms with Crippen molar-refractivity contribution in [3.8, 4) is 0 Å². The number of likely N-dealkylation sites (N-methyl/N-ethyl adjacent to an activating group) is 1. The van der Waals surface area contributed by atoms with E-state index >= 15 is 0 Å². The number of hydrogen-bond acceptors (Lipinski definition) is 2. The van der Waals surface area contributed by atoms with Crippen molar-refractivity contribution in [2.75, 3.05) is 13.2 Å². The van der Waals surface area contributed by atoms with Crippen molar-refractivity contribution in [3.05, 3.63) is 35.4 Å². The number of nitrogens with one attached hydrogen (secondary N) is 1. The second kappa shape index (κ2) is 5.92. The summed E-state index contributed by atoms with van der Waals surface area (Å²) in [5.74, 6) is 0. The molecule has 1 heterocycles. The third-order valence-electron chi connectivity index (χ3n) is 3.33. The standard InChI is InChI=1S/C14H18F3NO/c1-2-18-13(12-7-4-8-19-12)10-5-3-6-11(9-10)14(15,16)17/h3,5-6,9,12-13,18H,2,4,7-8H2,1H3. The van der Waals surface area contributed by atoms with E-state index in [1.54, 1.807) is 6.07 Å². The van der Waals surface area contributed by atoms with E-state index in [-0.39, 0.29) is 12.1 Å². The molecule has 1 aliphatic rings. The first-order chi connectivity index (χ1) is 9.02. The van der Waals surface area contributed by atoms with Gasteiger partial charge in [0, 0.05) is 6.61 Å². The molecule has 2 nitrogen and oxygen atoms in total. The predicted octanol–water partition coefficient (Wildman–Crippen LogP) is 3.54. The summed E-state index contributed by atoms with van der Waals surface area (Å²) in [4.78, 5) is 0. The molecular formula is C14H18F3NO. The lowest BCUT2D eigenvalue weighted by Crippen LogP contribution is -2.31. The second-order valence-corrected chi connectivity index (χ2v) is 4.71. The Morgan fingerprint density at radius 2 is 2.21 bits per heavy atom. The zero-order valence-corrected chi connectivity index (χ0v) is 10.8. The van der Waals surface area contributed by atoms with Crippen LogP contribution in [0.3, 0.4) is 0 Å². The van der Waals surface area contributed by atoms with Crippen molar-refractivity contribution < 1.29 is 17.9 Å². The van der Waals surface area contributed by atoms with E-state index < -0.39 is 11.7 Å². The van der Waals surface area contributed by atoms with Crippen LogP contribution >= 0.6 is 0 Å². The van der Waals surface area contributed by atoms with Gasteiger partial charge in [0.2, 0.25) is 0 Å². The van der Waals surface area contributed by atoms with Gasteiger partial charge in [-0.2, -0.15) is 13.2 Å². The average Bonchev–Trinajstić information content (AvgIpc) is 2.88. The predicted molar refractivity (Wildman–Crippen MR) is 66.8 cm³/mol. The smallest absolute Gasteiger partial charge is 0.376 e. The molecule has 0 bridgehead atoms. The Kier molecular flexibility index (Phi) is 4.47. The maximum atomic E-state index is 12.7.